The second kappa shape index (κ2) is 9.84. The van der Waals surface area contributed by atoms with Crippen LogP contribution in [0.5, 0.6) is 0 Å². The molecule has 1 N–H and O–H groups in total. The fourth-order valence-corrected chi connectivity index (χ4v) is 5.92. The summed E-state index contributed by atoms with van der Waals surface area (Å²) in [5.74, 6) is -1.78. The second-order valence-corrected chi connectivity index (χ2v) is 10.5. The SMILES string of the molecule is CCn1ncc2cc(CN(c3ncc(C(F)(F)F)cc3Cl)S(=O)(=O)c3ccc(C(=O)O)cc3Cl)ccc21. The molecule has 0 radical (unpaired) electrons. The molecule has 0 atom stereocenters. The number of alkyl halides is 3. The van der Waals surface area contributed by atoms with Crippen LogP contribution in [0.1, 0.15) is 28.4 Å². The molecule has 0 aliphatic heterocycles. The Bertz CT molecular complexity index is 1620. The lowest BCUT2D eigenvalue weighted by atomic mass is 10.1. The second-order valence-electron chi connectivity index (χ2n) is 7.84. The monoisotopic (exact) mass is 572 g/mol. The minimum atomic E-state index is -4.75. The molecule has 194 valence electrons. The number of aromatic carboxylic acids is 1. The van der Waals surface area contributed by atoms with E-state index in [1.54, 1.807) is 29.1 Å². The Balaban J connectivity index is 1.86. The van der Waals surface area contributed by atoms with Gasteiger partial charge in [-0.15, -0.1) is 0 Å². The maximum atomic E-state index is 13.7. The highest BCUT2D eigenvalue weighted by Gasteiger charge is 2.35. The number of nitrogens with zero attached hydrogens (tertiary/aromatic N) is 4. The average Bonchev–Trinajstić information content (AvgIpc) is 3.24. The van der Waals surface area contributed by atoms with Crippen molar-refractivity contribution in [2.75, 3.05) is 4.31 Å². The van der Waals surface area contributed by atoms with Crippen molar-refractivity contribution >= 4 is 55.9 Å². The summed E-state index contributed by atoms with van der Waals surface area (Å²) >= 11 is 12.3. The molecule has 0 saturated heterocycles. The molecular formula is C23H17Cl2F3N4O4S. The molecule has 0 spiro atoms. The third kappa shape index (κ3) is 5.22. The molecule has 37 heavy (non-hydrogen) atoms. The van der Waals surface area contributed by atoms with Crippen molar-refractivity contribution in [2.45, 2.75) is 31.1 Å². The van der Waals surface area contributed by atoms with E-state index in [0.717, 1.165) is 28.0 Å². The van der Waals surface area contributed by atoms with E-state index >= 15 is 0 Å². The van der Waals surface area contributed by atoms with Gasteiger partial charge in [0.05, 0.1) is 39.4 Å². The molecule has 8 nitrogen and oxygen atoms in total. The van der Waals surface area contributed by atoms with Gasteiger partial charge >= 0.3 is 12.1 Å². The van der Waals surface area contributed by atoms with Crippen LogP contribution < -0.4 is 4.31 Å². The summed E-state index contributed by atoms with van der Waals surface area (Å²) in [7, 11) is -4.59. The third-order valence-electron chi connectivity index (χ3n) is 5.46. The van der Waals surface area contributed by atoms with Crippen LogP contribution in [0.25, 0.3) is 10.9 Å². The summed E-state index contributed by atoms with van der Waals surface area (Å²) in [4.78, 5) is 14.5. The highest BCUT2D eigenvalue weighted by molar-refractivity contribution is 7.93. The van der Waals surface area contributed by atoms with Crippen molar-refractivity contribution in [1.82, 2.24) is 14.8 Å². The standard InChI is InChI=1S/C23H17Cl2F3N4O4S/c1-2-31-19-5-3-13(7-15(19)10-30-31)12-32(21-18(25)9-16(11-29-21)23(26,27)28)37(35,36)20-6-4-14(22(33)34)8-17(20)24/h3-11H,2,12H2,1H3,(H,33,34). The van der Waals surface area contributed by atoms with E-state index in [-0.39, 0.29) is 12.1 Å². The van der Waals surface area contributed by atoms with Crippen LogP contribution in [0.15, 0.2) is 59.8 Å². The number of hydrogen-bond donors (Lipinski definition) is 1. The van der Waals surface area contributed by atoms with Gasteiger partial charge < -0.3 is 5.11 Å². The van der Waals surface area contributed by atoms with Crippen molar-refractivity contribution in [3.63, 3.8) is 0 Å². The van der Waals surface area contributed by atoms with Gasteiger partial charge in [0, 0.05) is 18.1 Å². The number of aryl methyl sites for hydroxylation is 1. The first-order valence-electron chi connectivity index (χ1n) is 10.6. The van der Waals surface area contributed by atoms with Gasteiger partial charge in [0.25, 0.3) is 10.0 Å². The molecule has 0 aliphatic carbocycles. The van der Waals surface area contributed by atoms with Crippen molar-refractivity contribution in [3.05, 3.63) is 81.6 Å². The topological polar surface area (TPSA) is 105 Å². The van der Waals surface area contributed by atoms with Crippen LogP contribution in [0.3, 0.4) is 0 Å². The largest absolute Gasteiger partial charge is 0.478 e. The minimum Gasteiger partial charge on any atom is -0.478 e. The number of pyridine rings is 1. The highest BCUT2D eigenvalue weighted by Crippen LogP contribution is 2.37. The average molecular weight is 573 g/mol. The number of carboxylic acids is 1. The molecule has 2 aromatic carbocycles. The molecule has 0 unspecified atom stereocenters. The molecule has 0 aliphatic rings. The van der Waals surface area contributed by atoms with E-state index in [2.05, 4.69) is 10.1 Å². The zero-order valence-electron chi connectivity index (χ0n) is 18.9. The fraction of sp³-hybridized carbons (Fsp3) is 0.174. The molecule has 4 rings (SSSR count). The van der Waals surface area contributed by atoms with Crippen LogP contribution in [-0.2, 0) is 29.3 Å². The maximum absolute atomic E-state index is 13.7. The van der Waals surface area contributed by atoms with Crippen molar-refractivity contribution in [1.29, 1.82) is 0 Å². The van der Waals surface area contributed by atoms with Gasteiger partial charge in [-0.25, -0.2) is 22.5 Å². The molecule has 2 aromatic heterocycles. The molecule has 2 heterocycles. The Morgan fingerprint density at radius 1 is 1.08 bits per heavy atom. The predicted octanol–water partition coefficient (Wildman–Crippen LogP) is 5.87. The minimum absolute atomic E-state index is 0.250. The quantitative estimate of drug-likeness (QED) is 0.297. The third-order valence-corrected chi connectivity index (χ3v) is 7.96. The Morgan fingerprint density at radius 3 is 2.41 bits per heavy atom. The number of aromatic nitrogens is 3. The number of sulfonamides is 1. The summed E-state index contributed by atoms with van der Waals surface area (Å²) in [6.45, 7) is 2.15. The van der Waals surface area contributed by atoms with Gasteiger partial charge in [-0.1, -0.05) is 29.3 Å². The van der Waals surface area contributed by atoms with E-state index < -0.39 is 48.5 Å². The lowest BCUT2D eigenvalue weighted by Crippen LogP contribution is -2.32. The summed E-state index contributed by atoms with van der Waals surface area (Å²) in [5, 5.41) is 13.2. The normalized spacial score (nSPS) is 12.2. The van der Waals surface area contributed by atoms with Gasteiger partial charge in [0.15, 0.2) is 5.82 Å². The summed E-state index contributed by atoms with van der Waals surface area (Å²) < 4.78 is 69.5. The lowest BCUT2D eigenvalue weighted by molar-refractivity contribution is -0.137. The van der Waals surface area contributed by atoms with Gasteiger partial charge in [-0.2, -0.15) is 18.3 Å². The van der Waals surface area contributed by atoms with Crippen LogP contribution in [0.2, 0.25) is 10.0 Å². The summed E-state index contributed by atoms with van der Waals surface area (Å²) in [6.07, 6.45) is -2.67. The summed E-state index contributed by atoms with van der Waals surface area (Å²) in [5.41, 5.74) is -0.142. The van der Waals surface area contributed by atoms with Crippen molar-refractivity contribution in [3.8, 4) is 0 Å². The van der Waals surface area contributed by atoms with Crippen LogP contribution >= 0.6 is 23.2 Å². The van der Waals surface area contributed by atoms with Crippen LogP contribution in [0, 0.1) is 0 Å². The van der Waals surface area contributed by atoms with Gasteiger partial charge in [-0.05, 0) is 48.9 Å². The zero-order valence-corrected chi connectivity index (χ0v) is 21.2. The van der Waals surface area contributed by atoms with Gasteiger partial charge in [-0.3, -0.25) is 4.68 Å². The fourth-order valence-electron chi connectivity index (χ4n) is 3.66. The van der Waals surface area contributed by atoms with E-state index in [1.165, 1.54) is 0 Å². The number of carbonyl (C=O) groups is 1. The number of hydrogen-bond acceptors (Lipinski definition) is 5. The maximum Gasteiger partial charge on any atom is 0.417 e. The molecule has 0 amide bonds. The van der Waals surface area contributed by atoms with Crippen LogP contribution in [-0.4, -0.2) is 34.3 Å². The molecule has 14 heteroatoms. The number of fused-ring (bicyclic) bond motifs is 1. The zero-order chi connectivity index (χ0) is 27.1. The Kier molecular flexibility index (Phi) is 7.10. The molecular weight excluding hydrogens is 556 g/mol. The first-order chi connectivity index (χ1) is 17.3. The van der Waals surface area contributed by atoms with E-state index in [4.69, 9.17) is 23.2 Å². The van der Waals surface area contributed by atoms with E-state index in [1.807, 2.05) is 6.92 Å². The molecule has 0 bridgehead atoms. The lowest BCUT2D eigenvalue weighted by Gasteiger charge is -2.25. The number of carboxylic acid groups (broad SMARTS) is 1. The predicted molar refractivity (Wildman–Crippen MR) is 131 cm³/mol. The smallest absolute Gasteiger partial charge is 0.417 e. The van der Waals surface area contributed by atoms with E-state index in [0.29, 0.717) is 29.8 Å². The molecule has 0 saturated carbocycles. The first-order valence-corrected chi connectivity index (χ1v) is 12.7. The van der Waals surface area contributed by atoms with Gasteiger partial charge in [0.2, 0.25) is 0 Å². The Hall–Kier alpha value is -3.35. The van der Waals surface area contributed by atoms with Crippen molar-refractivity contribution in [2.24, 2.45) is 0 Å². The summed E-state index contributed by atoms with van der Waals surface area (Å²) in [6, 6.07) is 8.66. The highest BCUT2D eigenvalue weighted by atomic mass is 35.5. The number of anilines is 1. The molecule has 4 aromatic rings. The number of rotatable bonds is 7. The van der Waals surface area contributed by atoms with Gasteiger partial charge in [0.1, 0.15) is 4.90 Å². The Morgan fingerprint density at radius 2 is 1.81 bits per heavy atom. The number of benzene rings is 2. The molecule has 0 fully saturated rings. The van der Waals surface area contributed by atoms with E-state index in [9.17, 15) is 31.5 Å². The Labute approximate surface area is 218 Å². The van der Waals surface area contributed by atoms with Crippen LogP contribution in [0.4, 0.5) is 19.0 Å². The first kappa shape index (κ1) is 26.7. The van der Waals surface area contributed by atoms with Crippen molar-refractivity contribution < 1.29 is 31.5 Å². The number of halogens is 5.